The number of hydrogen-bond acceptors (Lipinski definition) is 10. The standard InChI is InChI=1S/C84H90N8O4/c1-45(2)73(46(3)4)93-65-41-21-17-29-53(65)57-33-25-37-61-69(57)81-85-77(61)90-82-71-59(55-31-19-23-43-67(55)95-75(49(9)10)50(11)12)35-27-39-63(71)79(87-82)92-84-72-60(56-32-20-24-44-68(56)96-76(51(13)14)52(15)16)36-28-40-64(72)80(88-84)91-83-70-58(34-26-38-62(70)78(86-83)89-81)54-30-18-22-42-66(54)94-74(47(5)6)48(7)8/h17-52,73-76H,1-16H3,(H2,85,86,87,88,89,90,91,92). The Kier molecular flexibility index (Phi) is 18.2. The average molecular weight is 1280 g/mol. The van der Waals surface area contributed by atoms with E-state index in [1.54, 1.807) is 0 Å². The molecule has 12 nitrogen and oxygen atoms in total. The highest BCUT2D eigenvalue weighted by Crippen LogP contribution is 2.49. The van der Waals surface area contributed by atoms with Gasteiger partial charge in [-0.3, -0.25) is 0 Å². The van der Waals surface area contributed by atoms with E-state index in [0.717, 1.165) is 111 Å². The fourth-order valence-electron chi connectivity index (χ4n) is 14.8. The van der Waals surface area contributed by atoms with Gasteiger partial charge in [-0.2, -0.15) is 0 Å². The maximum atomic E-state index is 7.09. The van der Waals surface area contributed by atoms with Crippen LogP contribution in [0.3, 0.4) is 0 Å². The van der Waals surface area contributed by atoms with Crippen LogP contribution in [0.4, 0.5) is 0 Å². The number of aromatic amines is 2. The van der Waals surface area contributed by atoms with Crippen molar-refractivity contribution in [2.24, 2.45) is 47.3 Å². The quantitative estimate of drug-likeness (QED) is 0.0756. The van der Waals surface area contributed by atoms with Crippen molar-refractivity contribution in [3.63, 3.8) is 0 Å². The van der Waals surface area contributed by atoms with Gasteiger partial charge in [0.2, 0.25) is 0 Å². The number of benzene rings is 8. The SMILES string of the molecule is CC(C)C(Oc1ccccc1-c1cccc2c1-c1nc-2nc2[nH]c(nc3nc(nc4[nH]c(n1)c1cccc(-c5ccccc5OC(C(C)C)C(C)C)c41)-c1cccc(-c4ccccc4OC(C(C)C)C(C)C)c1-3)c1cccc(-c3ccccc3OC(C(C)C)C(C)C)c21)C(C)C. The number of nitrogens with one attached hydrogen (secondary N) is 2. The molecule has 0 spiro atoms. The Morgan fingerprint density at radius 2 is 0.469 bits per heavy atom. The molecule has 0 fully saturated rings. The summed E-state index contributed by atoms with van der Waals surface area (Å²) in [5, 5.41) is 3.36. The van der Waals surface area contributed by atoms with Crippen molar-refractivity contribution in [3.8, 4) is 113 Å². The van der Waals surface area contributed by atoms with Gasteiger partial charge < -0.3 is 28.9 Å². The Morgan fingerprint density at radius 3 is 0.771 bits per heavy atom. The predicted octanol–water partition coefficient (Wildman–Crippen LogP) is 21.8. The molecule has 2 aliphatic rings. The smallest absolute Gasteiger partial charge is 0.165 e. The first-order valence-electron chi connectivity index (χ1n) is 34.6. The molecule has 0 radical (unpaired) electrons. The lowest BCUT2D eigenvalue weighted by atomic mass is 9.94. The monoisotopic (exact) mass is 1270 g/mol. The van der Waals surface area contributed by atoms with Crippen LogP contribution in [-0.2, 0) is 0 Å². The first-order valence-corrected chi connectivity index (χ1v) is 34.6. The summed E-state index contributed by atoms with van der Waals surface area (Å²) in [5.41, 5.74) is 12.9. The number of fused-ring (bicyclic) bond motifs is 20. The molecule has 96 heavy (non-hydrogen) atoms. The van der Waals surface area contributed by atoms with Crippen LogP contribution in [-0.4, -0.2) is 64.3 Å². The van der Waals surface area contributed by atoms with Crippen molar-refractivity contribution in [2.45, 2.75) is 135 Å². The molecule has 490 valence electrons. The molecule has 0 saturated carbocycles. The van der Waals surface area contributed by atoms with E-state index in [1.807, 2.05) is 24.3 Å². The summed E-state index contributed by atoms with van der Waals surface area (Å²) in [6.07, 6.45) is -0.164. The van der Waals surface area contributed by atoms with Crippen LogP contribution >= 0.6 is 0 Å². The molecule has 11 aromatic rings. The number of aromatic nitrogens is 8. The summed E-state index contributed by atoms with van der Waals surface area (Å²) in [6, 6.07) is 58.7. The first kappa shape index (κ1) is 65.0. The van der Waals surface area contributed by atoms with Crippen LogP contribution in [0.1, 0.15) is 111 Å². The number of para-hydroxylation sites is 4. The van der Waals surface area contributed by atoms with E-state index in [0.29, 0.717) is 45.9 Å². The van der Waals surface area contributed by atoms with Crippen molar-refractivity contribution in [3.05, 3.63) is 170 Å². The molecule has 12 heteroatoms. The molecule has 5 heterocycles. The normalized spacial score (nSPS) is 12.5. The van der Waals surface area contributed by atoms with E-state index >= 15 is 0 Å². The maximum absolute atomic E-state index is 7.09. The van der Waals surface area contributed by atoms with Crippen LogP contribution in [0.2, 0.25) is 0 Å². The van der Waals surface area contributed by atoms with Crippen molar-refractivity contribution in [1.29, 1.82) is 0 Å². The highest BCUT2D eigenvalue weighted by molar-refractivity contribution is 6.15. The minimum atomic E-state index is -0.0416. The van der Waals surface area contributed by atoms with Crippen molar-refractivity contribution in [1.82, 2.24) is 39.9 Å². The second-order valence-electron chi connectivity index (χ2n) is 28.8. The Hall–Kier alpha value is -9.68. The van der Waals surface area contributed by atoms with E-state index in [9.17, 15) is 0 Å². The summed E-state index contributed by atoms with van der Waals surface area (Å²) in [6.45, 7) is 35.6. The Bertz CT molecular complexity index is 4540. The number of rotatable bonds is 20. The van der Waals surface area contributed by atoms with Gasteiger partial charge in [-0.05, 0) is 93.9 Å². The Morgan fingerprint density at radius 1 is 0.229 bits per heavy atom. The molecule has 0 unspecified atom stereocenters. The van der Waals surface area contributed by atoms with Gasteiger partial charge in [0.15, 0.2) is 23.3 Å². The predicted molar refractivity (Wildman–Crippen MR) is 394 cm³/mol. The van der Waals surface area contributed by atoms with Crippen molar-refractivity contribution >= 4 is 44.1 Å². The van der Waals surface area contributed by atoms with E-state index in [1.165, 1.54) is 0 Å². The van der Waals surface area contributed by atoms with Crippen LogP contribution < -0.4 is 18.9 Å². The van der Waals surface area contributed by atoms with E-state index in [-0.39, 0.29) is 71.8 Å². The highest BCUT2D eigenvalue weighted by Gasteiger charge is 2.32. The van der Waals surface area contributed by atoms with Gasteiger partial charge in [0.05, 0.1) is 0 Å². The highest BCUT2D eigenvalue weighted by atomic mass is 16.5. The van der Waals surface area contributed by atoms with E-state index < -0.39 is 0 Å². The second kappa shape index (κ2) is 26.8. The zero-order chi connectivity index (χ0) is 67.4. The largest absolute Gasteiger partial charge is 0.489 e. The number of hydrogen-bond donors (Lipinski definition) is 2. The number of H-pyrrole nitrogens is 2. The third-order valence-corrected chi connectivity index (χ3v) is 19.0. The van der Waals surface area contributed by atoms with Crippen molar-refractivity contribution in [2.75, 3.05) is 0 Å². The third kappa shape index (κ3) is 12.3. The lowest BCUT2D eigenvalue weighted by Gasteiger charge is -2.27. The molecule has 0 amide bonds. The van der Waals surface area contributed by atoms with Gasteiger partial charge in [0.1, 0.15) is 70.0 Å². The van der Waals surface area contributed by atoms with Gasteiger partial charge >= 0.3 is 0 Å². The fourth-order valence-corrected chi connectivity index (χ4v) is 14.8. The molecule has 0 aliphatic carbocycles. The van der Waals surface area contributed by atoms with Crippen LogP contribution in [0.5, 0.6) is 23.0 Å². The maximum Gasteiger partial charge on any atom is 0.165 e. The van der Waals surface area contributed by atoms with Gasteiger partial charge in [-0.15, -0.1) is 0 Å². The minimum absolute atomic E-state index is 0.0404. The molecular weight excluding hydrogens is 1180 g/mol. The zero-order valence-electron chi connectivity index (χ0n) is 58.4. The summed E-state index contributed by atoms with van der Waals surface area (Å²) in [5.74, 6) is 7.13. The van der Waals surface area contributed by atoms with Crippen molar-refractivity contribution < 1.29 is 18.9 Å². The molecule has 0 saturated heterocycles. The van der Waals surface area contributed by atoms with Gasteiger partial charge in [0.25, 0.3) is 0 Å². The molecule has 13 rings (SSSR count). The molecular formula is C84H90N8O4. The number of nitrogens with zero attached hydrogens (tertiary/aromatic N) is 6. The van der Waals surface area contributed by atoms with Gasteiger partial charge in [-0.25, -0.2) is 29.9 Å². The molecule has 3 aromatic heterocycles. The van der Waals surface area contributed by atoms with E-state index in [4.69, 9.17) is 48.9 Å². The molecule has 2 aliphatic heterocycles. The Balaban J connectivity index is 1.18. The van der Waals surface area contributed by atoms with E-state index in [2.05, 4.69) is 266 Å². The lowest BCUT2D eigenvalue weighted by Crippen LogP contribution is -2.29. The minimum Gasteiger partial charge on any atom is -0.489 e. The fraction of sp³-hybridized carbons (Fsp3) is 0.333. The topological polar surface area (TPSA) is 146 Å². The average Bonchev–Trinajstić information content (AvgIpc) is 1.60. The summed E-state index contributed by atoms with van der Waals surface area (Å²) >= 11 is 0. The zero-order valence-corrected chi connectivity index (χ0v) is 58.4. The third-order valence-electron chi connectivity index (χ3n) is 19.0. The van der Waals surface area contributed by atoms with Crippen LogP contribution in [0.15, 0.2) is 170 Å². The molecule has 0 atom stereocenters. The van der Waals surface area contributed by atoms with Gasteiger partial charge in [0, 0.05) is 66.1 Å². The lowest BCUT2D eigenvalue weighted by molar-refractivity contribution is 0.106. The first-order chi connectivity index (χ1) is 46.2. The summed E-state index contributed by atoms with van der Waals surface area (Å²) < 4.78 is 28.4. The molecule has 8 aromatic carbocycles. The molecule has 2 N–H and O–H groups in total. The second-order valence-corrected chi connectivity index (χ2v) is 28.8. The Labute approximate surface area is 565 Å². The summed E-state index contributed by atoms with van der Waals surface area (Å²) in [7, 11) is 0. The molecule has 8 bridgehead atoms. The van der Waals surface area contributed by atoms with Gasteiger partial charge in [-0.1, -0.05) is 256 Å². The van der Waals surface area contributed by atoms with Crippen LogP contribution in [0, 0.1) is 47.3 Å². The summed E-state index contributed by atoms with van der Waals surface area (Å²) in [4.78, 5) is 41.8. The number of ether oxygens (including phenoxy) is 4. The van der Waals surface area contributed by atoms with Crippen LogP contribution in [0.25, 0.3) is 134 Å².